The topological polar surface area (TPSA) is 82.1 Å². The fourth-order valence-electron chi connectivity index (χ4n) is 0.181. The van der Waals surface area contributed by atoms with Crippen molar-refractivity contribution in [2.75, 3.05) is 6.61 Å². The van der Waals surface area contributed by atoms with Crippen molar-refractivity contribution in [3.8, 4) is 6.07 Å². The van der Waals surface area contributed by atoms with Crippen molar-refractivity contribution < 1.29 is 9.42 Å². The number of hydrogen-bond acceptors (Lipinski definition) is 4. The Labute approximate surface area is 48.8 Å². The average molecular weight is 133 g/mol. The molecule has 0 aromatic carbocycles. The van der Waals surface area contributed by atoms with Gasteiger partial charge in [-0.2, -0.15) is 5.26 Å². The van der Waals surface area contributed by atoms with Crippen LogP contribution in [-0.2, 0) is 4.52 Å². The molecule has 0 bridgehead atoms. The summed E-state index contributed by atoms with van der Waals surface area (Å²) in [6.45, 7) is 0.155. The average Bonchev–Trinajstić information content (AvgIpc) is 1.66. The van der Waals surface area contributed by atoms with Crippen LogP contribution in [0.25, 0.3) is 0 Å². The fraction of sp³-hybridized carbons (Fsp3) is 0.667. The normalized spacial score (nSPS) is 12.6. The number of rotatable bonds is 3. The number of hydrogen-bond donors (Lipinski definition) is 1. The van der Waals surface area contributed by atoms with Crippen molar-refractivity contribution in [2.45, 2.75) is 6.42 Å². The lowest BCUT2D eigenvalue weighted by molar-refractivity contribution is -0.180. The van der Waals surface area contributed by atoms with Gasteiger partial charge < -0.3 is 9.42 Å². The molecule has 0 saturated heterocycles. The summed E-state index contributed by atoms with van der Waals surface area (Å²) in [6.07, 6.45) is 0.234. The predicted octanol–water partition coefficient (Wildman–Crippen LogP) is -0.537. The van der Waals surface area contributed by atoms with Gasteiger partial charge in [0.05, 0.1) is 19.1 Å². The molecule has 0 spiro atoms. The summed E-state index contributed by atoms with van der Waals surface area (Å²) in [5, 5.41) is 7.91. The smallest absolute Gasteiger partial charge is 0.0646 e. The van der Waals surface area contributed by atoms with Crippen LogP contribution in [0.1, 0.15) is 6.42 Å². The maximum Gasteiger partial charge on any atom is 0.0646 e. The van der Waals surface area contributed by atoms with Gasteiger partial charge in [0.25, 0.3) is 0 Å². The molecule has 0 amide bonds. The van der Waals surface area contributed by atoms with E-state index in [1.165, 1.54) is 0 Å². The summed E-state index contributed by atoms with van der Waals surface area (Å²) in [5.41, 5.74) is 4.71. The monoisotopic (exact) mass is 133 g/mol. The molecule has 1 atom stereocenters. The first-order valence-electron chi connectivity index (χ1n) is 1.99. The van der Waals surface area contributed by atoms with Crippen LogP contribution in [0, 0.1) is 11.3 Å². The van der Waals surface area contributed by atoms with Crippen LogP contribution in [0.2, 0.25) is 0 Å². The first-order chi connectivity index (χ1) is 3.77. The van der Waals surface area contributed by atoms with Crippen molar-refractivity contribution in [2.24, 2.45) is 5.50 Å². The highest BCUT2D eigenvalue weighted by molar-refractivity contribution is 7.41. The minimum absolute atomic E-state index is 0.155. The Kier molecular flexibility index (Phi) is 4.82. The Morgan fingerprint density at radius 1 is 1.88 bits per heavy atom. The lowest BCUT2D eigenvalue weighted by Crippen LogP contribution is -2.06. The Morgan fingerprint density at radius 3 is 2.88 bits per heavy atom. The van der Waals surface area contributed by atoms with E-state index >= 15 is 0 Å². The van der Waals surface area contributed by atoms with Gasteiger partial charge in [0, 0.05) is 8.53 Å². The SMILES string of the molecule is N#CCCOP(N)[O-]. The van der Waals surface area contributed by atoms with Crippen molar-refractivity contribution in [1.82, 2.24) is 0 Å². The molecule has 4 nitrogen and oxygen atoms in total. The molecule has 0 aliphatic rings. The van der Waals surface area contributed by atoms with Crippen LogP contribution in [0.4, 0.5) is 0 Å². The third kappa shape index (κ3) is 5.80. The second-order valence-corrected chi connectivity index (χ2v) is 1.86. The van der Waals surface area contributed by atoms with Crippen LogP contribution in [0.5, 0.6) is 0 Å². The molecule has 0 rings (SSSR count). The lowest BCUT2D eigenvalue weighted by atomic mass is 10.5. The minimum atomic E-state index is -2.01. The minimum Gasteiger partial charge on any atom is -0.796 e. The quantitative estimate of drug-likeness (QED) is 0.414. The van der Waals surface area contributed by atoms with E-state index in [4.69, 9.17) is 10.8 Å². The molecule has 0 saturated carbocycles. The van der Waals surface area contributed by atoms with Gasteiger partial charge in [0.2, 0.25) is 0 Å². The van der Waals surface area contributed by atoms with Crippen molar-refractivity contribution in [3.05, 3.63) is 0 Å². The zero-order valence-electron chi connectivity index (χ0n) is 4.20. The molecule has 0 fully saturated rings. The molecular formula is C3H6N2O2P-. The number of nitrogens with zero attached hydrogens (tertiary/aromatic N) is 1. The highest BCUT2D eigenvalue weighted by Gasteiger charge is 1.83. The van der Waals surface area contributed by atoms with E-state index in [9.17, 15) is 4.89 Å². The van der Waals surface area contributed by atoms with E-state index in [0.29, 0.717) is 0 Å². The van der Waals surface area contributed by atoms with Gasteiger partial charge in [-0.3, -0.25) is 5.50 Å². The molecule has 0 radical (unpaired) electrons. The highest BCUT2D eigenvalue weighted by atomic mass is 31.2. The number of nitriles is 1. The van der Waals surface area contributed by atoms with Crippen LogP contribution in [0.3, 0.4) is 0 Å². The van der Waals surface area contributed by atoms with E-state index < -0.39 is 8.53 Å². The Balaban J connectivity index is 2.85. The molecule has 0 aliphatic heterocycles. The molecule has 8 heavy (non-hydrogen) atoms. The third-order valence-corrected chi connectivity index (χ3v) is 0.869. The molecule has 0 heterocycles. The molecule has 46 valence electrons. The highest BCUT2D eigenvalue weighted by Crippen LogP contribution is 2.12. The van der Waals surface area contributed by atoms with E-state index in [0.717, 1.165) is 0 Å². The summed E-state index contributed by atoms with van der Waals surface area (Å²) >= 11 is 0. The summed E-state index contributed by atoms with van der Waals surface area (Å²) < 4.78 is 4.35. The second-order valence-electron chi connectivity index (χ2n) is 1.03. The van der Waals surface area contributed by atoms with E-state index in [2.05, 4.69) is 4.52 Å². The van der Waals surface area contributed by atoms with Crippen LogP contribution >= 0.6 is 8.53 Å². The second kappa shape index (κ2) is 4.95. The van der Waals surface area contributed by atoms with Crippen molar-refractivity contribution in [1.29, 1.82) is 5.26 Å². The maximum atomic E-state index is 9.91. The maximum absolute atomic E-state index is 9.91. The summed E-state index contributed by atoms with van der Waals surface area (Å²) in [5.74, 6) is 0. The molecule has 0 aromatic heterocycles. The van der Waals surface area contributed by atoms with Crippen LogP contribution in [-0.4, -0.2) is 6.61 Å². The first kappa shape index (κ1) is 7.80. The van der Waals surface area contributed by atoms with Crippen LogP contribution < -0.4 is 10.4 Å². The summed E-state index contributed by atoms with van der Waals surface area (Å²) in [7, 11) is -2.01. The molecule has 0 aliphatic carbocycles. The van der Waals surface area contributed by atoms with Gasteiger partial charge in [0.1, 0.15) is 0 Å². The van der Waals surface area contributed by atoms with E-state index in [1.807, 2.05) is 6.07 Å². The zero-order chi connectivity index (χ0) is 6.41. The van der Waals surface area contributed by atoms with Gasteiger partial charge in [-0.15, -0.1) is 0 Å². The molecule has 1 unspecified atom stereocenters. The molecule has 5 heteroatoms. The molecular weight excluding hydrogens is 127 g/mol. The molecule has 2 N–H and O–H groups in total. The third-order valence-electron chi connectivity index (χ3n) is 0.432. The van der Waals surface area contributed by atoms with Gasteiger partial charge in [-0.1, -0.05) is 0 Å². The van der Waals surface area contributed by atoms with Crippen molar-refractivity contribution >= 4 is 8.53 Å². The fourth-order valence-corrected chi connectivity index (χ4v) is 0.452. The first-order valence-corrected chi connectivity index (χ1v) is 3.24. The lowest BCUT2D eigenvalue weighted by Gasteiger charge is -2.14. The predicted molar refractivity (Wildman–Crippen MR) is 27.3 cm³/mol. The summed E-state index contributed by atoms with van der Waals surface area (Å²) in [4.78, 5) is 9.91. The Bertz CT molecular complexity index is 89.8. The Hall–Kier alpha value is -0.200. The summed E-state index contributed by atoms with van der Waals surface area (Å²) in [6, 6.07) is 1.81. The van der Waals surface area contributed by atoms with Gasteiger partial charge in [-0.25, -0.2) is 0 Å². The van der Waals surface area contributed by atoms with Gasteiger partial charge in [-0.05, 0) is 0 Å². The van der Waals surface area contributed by atoms with Gasteiger partial charge in [0.15, 0.2) is 0 Å². The standard InChI is InChI=1S/C3H6N2O2P/c4-2-1-3-7-8(5)6/h1,3,5H2/q-1. The zero-order valence-corrected chi connectivity index (χ0v) is 5.10. The van der Waals surface area contributed by atoms with Crippen molar-refractivity contribution in [3.63, 3.8) is 0 Å². The van der Waals surface area contributed by atoms with E-state index in [1.54, 1.807) is 0 Å². The van der Waals surface area contributed by atoms with E-state index in [-0.39, 0.29) is 13.0 Å². The largest absolute Gasteiger partial charge is 0.796 e. The Morgan fingerprint density at radius 2 is 2.50 bits per heavy atom. The number of nitrogens with two attached hydrogens (primary N) is 1. The van der Waals surface area contributed by atoms with Crippen LogP contribution in [0.15, 0.2) is 0 Å². The van der Waals surface area contributed by atoms with Gasteiger partial charge >= 0.3 is 0 Å². The molecule has 0 aromatic rings.